The van der Waals surface area contributed by atoms with Crippen molar-refractivity contribution in [3.05, 3.63) is 60.4 Å². The van der Waals surface area contributed by atoms with Crippen molar-refractivity contribution in [1.82, 2.24) is 15.3 Å². The van der Waals surface area contributed by atoms with Crippen LogP contribution < -0.4 is 5.32 Å². The van der Waals surface area contributed by atoms with E-state index in [0.717, 1.165) is 22.2 Å². The molecule has 0 bridgehead atoms. The van der Waals surface area contributed by atoms with E-state index in [-0.39, 0.29) is 11.7 Å². The van der Waals surface area contributed by atoms with E-state index in [1.165, 1.54) is 0 Å². The van der Waals surface area contributed by atoms with Crippen molar-refractivity contribution in [3.63, 3.8) is 0 Å². The number of para-hydroxylation sites is 1. The molecule has 0 aliphatic carbocycles. The first kappa shape index (κ1) is 13.2. The number of amides is 1. The molecule has 0 spiro atoms. The molecule has 1 amide bonds. The highest BCUT2D eigenvalue weighted by Crippen LogP contribution is 2.25. The lowest BCUT2D eigenvalue weighted by Gasteiger charge is -2.08. The van der Waals surface area contributed by atoms with Crippen LogP contribution in [0, 0.1) is 0 Å². The summed E-state index contributed by atoms with van der Waals surface area (Å²) in [6.45, 7) is 2.42. The molecule has 0 aliphatic heterocycles. The molecule has 0 aliphatic rings. The normalized spacial score (nSPS) is 10.5. The molecule has 4 nitrogen and oxygen atoms in total. The Hall–Kier alpha value is -2.75. The molecule has 0 unspecified atom stereocenters. The van der Waals surface area contributed by atoms with Crippen molar-refractivity contribution in [1.29, 1.82) is 0 Å². The average molecular weight is 277 g/mol. The minimum absolute atomic E-state index is 0.203. The highest BCUT2D eigenvalue weighted by molar-refractivity contribution is 5.97. The van der Waals surface area contributed by atoms with E-state index in [1.807, 2.05) is 61.5 Å². The highest BCUT2D eigenvalue weighted by Gasteiger charge is 2.14. The van der Waals surface area contributed by atoms with Gasteiger partial charge in [0.2, 0.25) is 5.82 Å². The van der Waals surface area contributed by atoms with E-state index in [9.17, 15) is 4.79 Å². The van der Waals surface area contributed by atoms with Gasteiger partial charge in [-0.1, -0.05) is 48.5 Å². The minimum Gasteiger partial charge on any atom is -0.350 e. The molecule has 2 aromatic carbocycles. The van der Waals surface area contributed by atoms with Crippen LogP contribution in [0.15, 0.2) is 54.6 Å². The summed E-state index contributed by atoms with van der Waals surface area (Å²) in [4.78, 5) is 20.9. The number of carbonyl (C=O) groups is 1. The summed E-state index contributed by atoms with van der Waals surface area (Å²) in [7, 11) is 0. The van der Waals surface area contributed by atoms with E-state index >= 15 is 0 Å². The fourth-order valence-corrected chi connectivity index (χ4v) is 2.23. The van der Waals surface area contributed by atoms with E-state index < -0.39 is 0 Å². The van der Waals surface area contributed by atoms with Gasteiger partial charge in [-0.2, -0.15) is 0 Å². The molecule has 0 atom stereocenters. The molecule has 21 heavy (non-hydrogen) atoms. The number of nitrogens with one attached hydrogen (secondary N) is 1. The van der Waals surface area contributed by atoms with Crippen LogP contribution >= 0.6 is 0 Å². The molecule has 0 fully saturated rings. The van der Waals surface area contributed by atoms with Gasteiger partial charge in [-0.25, -0.2) is 9.97 Å². The Labute approximate surface area is 122 Å². The molecule has 1 heterocycles. The largest absolute Gasteiger partial charge is 0.350 e. The third kappa shape index (κ3) is 2.60. The fraction of sp³-hybridized carbons (Fsp3) is 0.118. The maximum absolute atomic E-state index is 12.0. The highest BCUT2D eigenvalue weighted by atomic mass is 16.2. The Morgan fingerprint density at radius 1 is 1.00 bits per heavy atom. The number of benzene rings is 2. The molecule has 4 heteroatoms. The third-order valence-corrected chi connectivity index (χ3v) is 3.19. The average Bonchev–Trinajstić information content (AvgIpc) is 2.55. The van der Waals surface area contributed by atoms with E-state index in [0.29, 0.717) is 6.54 Å². The monoisotopic (exact) mass is 277 g/mol. The quantitative estimate of drug-likeness (QED) is 0.800. The minimum atomic E-state index is -0.250. The van der Waals surface area contributed by atoms with Gasteiger partial charge in [-0.3, -0.25) is 4.79 Å². The Morgan fingerprint density at radius 2 is 1.71 bits per heavy atom. The molecule has 104 valence electrons. The van der Waals surface area contributed by atoms with Crippen LogP contribution in [0.25, 0.3) is 22.2 Å². The van der Waals surface area contributed by atoms with E-state index in [4.69, 9.17) is 0 Å². The zero-order chi connectivity index (χ0) is 14.7. The lowest BCUT2D eigenvalue weighted by molar-refractivity contribution is 0.0946. The predicted octanol–water partition coefficient (Wildman–Crippen LogP) is 3.05. The zero-order valence-corrected chi connectivity index (χ0v) is 11.7. The summed E-state index contributed by atoms with van der Waals surface area (Å²) >= 11 is 0. The number of hydrogen-bond donors (Lipinski definition) is 1. The number of aromatic nitrogens is 2. The topological polar surface area (TPSA) is 54.9 Å². The van der Waals surface area contributed by atoms with Crippen molar-refractivity contribution in [3.8, 4) is 11.3 Å². The van der Waals surface area contributed by atoms with Crippen molar-refractivity contribution >= 4 is 16.8 Å². The first-order chi connectivity index (χ1) is 10.3. The van der Waals surface area contributed by atoms with Crippen molar-refractivity contribution in [2.75, 3.05) is 6.54 Å². The first-order valence-corrected chi connectivity index (χ1v) is 6.90. The molecular formula is C17H15N3O. The number of fused-ring (bicyclic) bond motifs is 1. The first-order valence-electron chi connectivity index (χ1n) is 6.90. The van der Waals surface area contributed by atoms with Crippen LogP contribution in [0.3, 0.4) is 0 Å². The van der Waals surface area contributed by atoms with Gasteiger partial charge in [0.25, 0.3) is 5.91 Å². The predicted molar refractivity (Wildman–Crippen MR) is 83.0 cm³/mol. The second-order valence-corrected chi connectivity index (χ2v) is 4.64. The lowest BCUT2D eigenvalue weighted by Crippen LogP contribution is -2.25. The van der Waals surface area contributed by atoms with Crippen LogP contribution in [0.5, 0.6) is 0 Å². The van der Waals surface area contributed by atoms with Gasteiger partial charge in [0.05, 0.1) is 11.2 Å². The van der Waals surface area contributed by atoms with Crippen LogP contribution in [0.4, 0.5) is 0 Å². The van der Waals surface area contributed by atoms with Gasteiger partial charge < -0.3 is 5.32 Å². The van der Waals surface area contributed by atoms with Gasteiger partial charge in [-0.05, 0) is 13.0 Å². The number of rotatable bonds is 3. The summed E-state index contributed by atoms with van der Waals surface area (Å²) in [5.74, 6) is -0.0464. The van der Waals surface area contributed by atoms with Crippen molar-refractivity contribution in [2.45, 2.75) is 6.92 Å². The van der Waals surface area contributed by atoms with E-state index in [2.05, 4.69) is 15.3 Å². The summed E-state index contributed by atoms with van der Waals surface area (Å²) in [5, 5.41) is 3.68. The SMILES string of the molecule is CCNC(=O)c1nc(-c2ccccc2)c2ccccc2n1. The molecule has 1 N–H and O–H groups in total. The van der Waals surface area contributed by atoms with Gasteiger partial charge in [0.1, 0.15) is 0 Å². The van der Waals surface area contributed by atoms with Gasteiger partial charge >= 0.3 is 0 Å². The summed E-state index contributed by atoms with van der Waals surface area (Å²) < 4.78 is 0. The van der Waals surface area contributed by atoms with Gasteiger partial charge in [-0.15, -0.1) is 0 Å². The third-order valence-electron chi connectivity index (χ3n) is 3.19. The Balaban J connectivity index is 2.23. The van der Waals surface area contributed by atoms with Gasteiger partial charge in [0, 0.05) is 17.5 Å². The molecular weight excluding hydrogens is 262 g/mol. The molecule has 3 aromatic rings. The summed E-state index contributed by atoms with van der Waals surface area (Å²) in [6.07, 6.45) is 0. The standard InChI is InChI=1S/C17H15N3O/c1-2-18-17(21)16-19-14-11-7-6-10-13(14)15(20-16)12-8-4-3-5-9-12/h3-11H,2H2,1H3,(H,18,21). The smallest absolute Gasteiger partial charge is 0.289 e. The Kier molecular flexibility index (Phi) is 3.60. The van der Waals surface area contributed by atoms with Crippen LogP contribution in [-0.4, -0.2) is 22.4 Å². The summed E-state index contributed by atoms with van der Waals surface area (Å²) in [6, 6.07) is 17.6. The fourth-order valence-electron chi connectivity index (χ4n) is 2.23. The number of carbonyl (C=O) groups excluding carboxylic acids is 1. The maximum atomic E-state index is 12.0. The molecule has 3 rings (SSSR count). The Bertz CT molecular complexity index is 784. The Morgan fingerprint density at radius 3 is 2.48 bits per heavy atom. The van der Waals surface area contributed by atoms with Crippen LogP contribution in [-0.2, 0) is 0 Å². The van der Waals surface area contributed by atoms with Crippen LogP contribution in [0.1, 0.15) is 17.5 Å². The van der Waals surface area contributed by atoms with Crippen molar-refractivity contribution in [2.24, 2.45) is 0 Å². The second-order valence-electron chi connectivity index (χ2n) is 4.64. The number of hydrogen-bond acceptors (Lipinski definition) is 3. The molecule has 0 saturated heterocycles. The maximum Gasteiger partial charge on any atom is 0.289 e. The lowest BCUT2D eigenvalue weighted by atomic mass is 10.1. The molecule has 0 saturated carbocycles. The van der Waals surface area contributed by atoms with Gasteiger partial charge in [0.15, 0.2) is 0 Å². The van der Waals surface area contributed by atoms with Crippen molar-refractivity contribution < 1.29 is 4.79 Å². The van der Waals surface area contributed by atoms with E-state index in [1.54, 1.807) is 0 Å². The zero-order valence-electron chi connectivity index (χ0n) is 11.7. The van der Waals surface area contributed by atoms with Crippen LogP contribution in [0.2, 0.25) is 0 Å². The summed E-state index contributed by atoms with van der Waals surface area (Å²) in [5.41, 5.74) is 2.52. The molecule has 1 aromatic heterocycles. The number of nitrogens with zero attached hydrogens (tertiary/aromatic N) is 2. The second kappa shape index (κ2) is 5.71. The molecule has 0 radical (unpaired) electrons.